The number of benzene rings is 1. The molecule has 8 heteroatoms. The summed E-state index contributed by atoms with van der Waals surface area (Å²) in [6, 6.07) is 7.79. The predicted molar refractivity (Wildman–Crippen MR) is 113 cm³/mol. The molecule has 8 nitrogen and oxygen atoms in total. The quantitative estimate of drug-likeness (QED) is 0.536. The molecule has 158 valence electrons. The van der Waals surface area contributed by atoms with E-state index in [1.54, 1.807) is 20.5 Å². The van der Waals surface area contributed by atoms with Gasteiger partial charge in [0.15, 0.2) is 5.96 Å². The average Bonchev–Trinajstić information content (AvgIpc) is 3.26. The van der Waals surface area contributed by atoms with Gasteiger partial charge in [0.05, 0.1) is 19.9 Å². The molecule has 0 unspecified atom stereocenters. The number of hydrogen-bond donors (Lipinski definition) is 1. The van der Waals surface area contributed by atoms with Crippen LogP contribution < -0.4 is 14.8 Å². The molecule has 1 saturated heterocycles. The number of ether oxygens (including phenoxy) is 2. The van der Waals surface area contributed by atoms with Gasteiger partial charge in [-0.15, -0.1) is 0 Å². The Morgan fingerprint density at radius 1 is 1.17 bits per heavy atom. The lowest BCUT2D eigenvalue weighted by atomic mass is 10.1. The van der Waals surface area contributed by atoms with E-state index in [1.807, 2.05) is 24.3 Å². The van der Waals surface area contributed by atoms with Crippen LogP contribution in [-0.4, -0.2) is 74.4 Å². The summed E-state index contributed by atoms with van der Waals surface area (Å²) in [5.74, 6) is 2.67. The number of aliphatic imine (C=N–C) groups is 1. The second kappa shape index (κ2) is 10.7. The topological polar surface area (TPSA) is 75.4 Å². The molecule has 29 heavy (non-hydrogen) atoms. The van der Waals surface area contributed by atoms with Crippen LogP contribution in [0.1, 0.15) is 18.2 Å². The minimum atomic E-state index is 0.686. The molecule has 0 amide bonds. The number of nitrogens with zero attached hydrogens (tertiary/aromatic N) is 4. The summed E-state index contributed by atoms with van der Waals surface area (Å²) in [4.78, 5) is 9.57. The van der Waals surface area contributed by atoms with Crippen molar-refractivity contribution in [2.45, 2.75) is 19.9 Å². The lowest BCUT2D eigenvalue weighted by molar-refractivity contribution is 0.169. The van der Waals surface area contributed by atoms with Crippen LogP contribution in [0.3, 0.4) is 0 Å². The minimum Gasteiger partial charge on any atom is -0.497 e. The normalized spacial score (nSPS) is 15.4. The molecule has 2 heterocycles. The van der Waals surface area contributed by atoms with Crippen molar-refractivity contribution in [3.63, 3.8) is 0 Å². The van der Waals surface area contributed by atoms with E-state index in [4.69, 9.17) is 19.0 Å². The summed E-state index contributed by atoms with van der Waals surface area (Å²) in [6.45, 7) is 8.28. The molecular formula is C21H31N5O3. The Balaban J connectivity index is 1.56. The maximum absolute atomic E-state index is 5.47. The van der Waals surface area contributed by atoms with Gasteiger partial charge in [0.1, 0.15) is 17.8 Å². The van der Waals surface area contributed by atoms with E-state index in [0.29, 0.717) is 6.54 Å². The second-order valence-corrected chi connectivity index (χ2v) is 6.92. The number of guanidine groups is 1. The highest BCUT2D eigenvalue weighted by atomic mass is 16.5. The van der Waals surface area contributed by atoms with Gasteiger partial charge in [0, 0.05) is 51.9 Å². The van der Waals surface area contributed by atoms with Crippen LogP contribution in [-0.2, 0) is 13.0 Å². The van der Waals surface area contributed by atoms with Gasteiger partial charge in [-0.05, 0) is 37.1 Å². The summed E-state index contributed by atoms with van der Waals surface area (Å²) in [5.41, 5.74) is 2.08. The van der Waals surface area contributed by atoms with E-state index in [0.717, 1.165) is 74.4 Å². The van der Waals surface area contributed by atoms with E-state index in [1.165, 1.54) is 0 Å². The van der Waals surface area contributed by atoms with Gasteiger partial charge < -0.3 is 24.2 Å². The molecule has 2 aromatic rings. The fourth-order valence-electron chi connectivity index (χ4n) is 3.45. The van der Waals surface area contributed by atoms with Crippen molar-refractivity contribution in [1.82, 2.24) is 20.3 Å². The first-order valence-electron chi connectivity index (χ1n) is 10.1. The van der Waals surface area contributed by atoms with Gasteiger partial charge in [0.2, 0.25) is 0 Å². The van der Waals surface area contributed by atoms with Crippen molar-refractivity contribution in [2.24, 2.45) is 4.99 Å². The van der Waals surface area contributed by atoms with Gasteiger partial charge in [0.25, 0.3) is 0 Å². The van der Waals surface area contributed by atoms with Crippen molar-refractivity contribution in [1.29, 1.82) is 0 Å². The Hall–Kier alpha value is -2.74. The van der Waals surface area contributed by atoms with Gasteiger partial charge in [-0.2, -0.15) is 0 Å². The second-order valence-electron chi connectivity index (χ2n) is 6.92. The number of aromatic nitrogens is 1. The summed E-state index contributed by atoms with van der Waals surface area (Å²) in [7, 11) is 3.37. The molecule has 0 bridgehead atoms. The number of methoxy groups -OCH3 is 2. The molecule has 1 N–H and O–H groups in total. The van der Waals surface area contributed by atoms with Crippen molar-refractivity contribution in [2.75, 3.05) is 53.5 Å². The molecule has 1 aliphatic rings. The van der Waals surface area contributed by atoms with E-state index in [2.05, 4.69) is 27.2 Å². The van der Waals surface area contributed by atoms with Gasteiger partial charge in [-0.25, -0.2) is 0 Å². The van der Waals surface area contributed by atoms with E-state index < -0.39 is 0 Å². The van der Waals surface area contributed by atoms with Crippen LogP contribution in [0.25, 0.3) is 0 Å². The Bertz CT molecular complexity index is 771. The van der Waals surface area contributed by atoms with E-state index in [-0.39, 0.29) is 0 Å². The standard InChI is InChI=1S/C21H31N5O3/c1-4-22-21(23-9-7-17-15-19(27-2)5-6-20(17)28-3)26-12-10-25(11-13-26)16-18-8-14-29-24-18/h5-6,8,14-15H,4,7,9-13,16H2,1-3H3,(H,22,23). The Morgan fingerprint density at radius 2 is 2.00 bits per heavy atom. The Morgan fingerprint density at radius 3 is 2.66 bits per heavy atom. The predicted octanol–water partition coefficient (Wildman–Crippen LogP) is 2.02. The average molecular weight is 402 g/mol. The molecule has 0 radical (unpaired) electrons. The van der Waals surface area contributed by atoms with Crippen LogP contribution in [0, 0.1) is 0 Å². The molecule has 0 saturated carbocycles. The summed E-state index contributed by atoms with van der Waals surface area (Å²) >= 11 is 0. The van der Waals surface area contributed by atoms with Crippen LogP contribution in [0.2, 0.25) is 0 Å². The van der Waals surface area contributed by atoms with Crippen LogP contribution in [0.4, 0.5) is 0 Å². The molecule has 3 rings (SSSR count). The molecule has 1 fully saturated rings. The molecule has 1 aliphatic heterocycles. The molecule has 0 spiro atoms. The smallest absolute Gasteiger partial charge is 0.194 e. The zero-order chi connectivity index (χ0) is 20.5. The largest absolute Gasteiger partial charge is 0.497 e. The third kappa shape index (κ3) is 5.87. The highest BCUT2D eigenvalue weighted by Gasteiger charge is 2.20. The van der Waals surface area contributed by atoms with Gasteiger partial charge in [-0.3, -0.25) is 9.89 Å². The first-order valence-corrected chi connectivity index (χ1v) is 10.1. The zero-order valence-corrected chi connectivity index (χ0v) is 17.6. The zero-order valence-electron chi connectivity index (χ0n) is 17.6. The monoisotopic (exact) mass is 401 g/mol. The number of piperazine rings is 1. The lowest BCUT2D eigenvalue weighted by Gasteiger charge is -2.36. The van der Waals surface area contributed by atoms with Gasteiger partial charge >= 0.3 is 0 Å². The third-order valence-electron chi connectivity index (χ3n) is 5.01. The molecule has 0 atom stereocenters. The van der Waals surface area contributed by atoms with Crippen molar-refractivity contribution < 1.29 is 14.0 Å². The Labute approximate surface area is 172 Å². The van der Waals surface area contributed by atoms with Gasteiger partial charge in [-0.1, -0.05) is 5.16 Å². The first-order chi connectivity index (χ1) is 14.2. The number of hydrogen-bond acceptors (Lipinski definition) is 6. The molecule has 0 aliphatic carbocycles. The van der Waals surface area contributed by atoms with E-state index in [9.17, 15) is 0 Å². The minimum absolute atomic E-state index is 0.686. The summed E-state index contributed by atoms with van der Waals surface area (Å²) in [5, 5.41) is 7.43. The molecule has 1 aromatic heterocycles. The van der Waals surface area contributed by atoms with E-state index >= 15 is 0 Å². The fraction of sp³-hybridized carbons (Fsp3) is 0.524. The highest BCUT2D eigenvalue weighted by Crippen LogP contribution is 2.24. The maximum atomic E-state index is 5.47. The Kier molecular flexibility index (Phi) is 7.75. The highest BCUT2D eigenvalue weighted by molar-refractivity contribution is 5.80. The number of nitrogens with one attached hydrogen (secondary N) is 1. The lowest BCUT2D eigenvalue weighted by Crippen LogP contribution is -2.52. The van der Waals surface area contributed by atoms with Crippen molar-refractivity contribution in [3.8, 4) is 11.5 Å². The number of rotatable bonds is 8. The summed E-state index contributed by atoms with van der Waals surface area (Å²) < 4.78 is 15.7. The fourth-order valence-corrected chi connectivity index (χ4v) is 3.45. The maximum Gasteiger partial charge on any atom is 0.194 e. The first kappa shape index (κ1) is 21.0. The van der Waals surface area contributed by atoms with Crippen LogP contribution in [0.5, 0.6) is 11.5 Å². The molecule has 1 aromatic carbocycles. The van der Waals surface area contributed by atoms with Crippen molar-refractivity contribution >= 4 is 5.96 Å². The third-order valence-corrected chi connectivity index (χ3v) is 5.01. The summed E-state index contributed by atoms with van der Waals surface area (Å²) in [6.07, 6.45) is 2.42. The SMILES string of the molecule is CCNC(=NCCc1cc(OC)ccc1OC)N1CCN(Cc2ccon2)CC1. The molecular weight excluding hydrogens is 370 g/mol. The van der Waals surface area contributed by atoms with Crippen LogP contribution >= 0.6 is 0 Å². The van der Waals surface area contributed by atoms with Crippen LogP contribution in [0.15, 0.2) is 40.0 Å². The van der Waals surface area contributed by atoms with Crippen molar-refractivity contribution in [3.05, 3.63) is 41.8 Å².